The van der Waals surface area contributed by atoms with E-state index in [0.29, 0.717) is 18.5 Å². The molecule has 0 bridgehead atoms. The van der Waals surface area contributed by atoms with Gasteiger partial charge in [0.2, 0.25) is 0 Å². The molecule has 152 valence electrons. The van der Waals surface area contributed by atoms with Crippen molar-refractivity contribution in [1.82, 2.24) is 10.2 Å². The highest BCUT2D eigenvalue weighted by Crippen LogP contribution is 2.25. The molecule has 0 spiro atoms. The number of nitrogens with one attached hydrogen (secondary N) is 2. The normalized spacial score (nSPS) is 15.5. The quantitative estimate of drug-likeness (QED) is 0.525. The summed E-state index contributed by atoms with van der Waals surface area (Å²) in [6.07, 6.45) is 0.856. The van der Waals surface area contributed by atoms with Gasteiger partial charge in [0, 0.05) is 5.69 Å². The molecular formula is C20H27N3O5. The molecule has 1 aromatic rings. The van der Waals surface area contributed by atoms with E-state index in [-0.39, 0.29) is 5.92 Å². The van der Waals surface area contributed by atoms with Crippen LogP contribution in [0.5, 0.6) is 0 Å². The number of hydrogen-bond donors (Lipinski definition) is 2. The Kier molecular flexibility index (Phi) is 6.77. The number of anilines is 1. The van der Waals surface area contributed by atoms with E-state index < -0.39 is 42.5 Å². The van der Waals surface area contributed by atoms with E-state index in [9.17, 15) is 19.2 Å². The van der Waals surface area contributed by atoms with Crippen molar-refractivity contribution in [3.8, 4) is 0 Å². The van der Waals surface area contributed by atoms with Crippen LogP contribution in [0, 0.1) is 0 Å². The van der Waals surface area contributed by atoms with Crippen LogP contribution >= 0.6 is 0 Å². The molecule has 0 aromatic heterocycles. The molecule has 1 aromatic carbocycles. The number of amides is 4. The van der Waals surface area contributed by atoms with Crippen LogP contribution in [0.15, 0.2) is 24.3 Å². The first-order valence-electron chi connectivity index (χ1n) is 9.42. The van der Waals surface area contributed by atoms with Crippen LogP contribution in [0.1, 0.15) is 52.0 Å². The lowest BCUT2D eigenvalue weighted by atomic mass is 9.93. The first kappa shape index (κ1) is 21.4. The van der Waals surface area contributed by atoms with Crippen LogP contribution < -0.4 is 10.6 Å². The minimum absolute atomic E-state index is 0.219. The molecule has 0 atom stereocenters. The fourth-order valence-corrected chi connectivity index (χ4v) is 3.17. The van der Waals surface area contributed by atoms with Gasteiger partial charge >= 0.3 is 12.0 Å². The summed E-state index contributed by atoms with van der Waals surface area (Å²) < 4.78 is 4.95. The van der Waals surface area contributed by atoms with Crippen molar-refractivity contribution in [2.24, 2.45) is 0 Å². The van der Waals surface area contributed by atoms with Gasteiger partial charge in [0.25, 0.3) is 11.8 Å². The highest BCUT2D eigenvalue weighted by molar-refractivity contribution is 6.08. The molecule has 0 saturated carbocycles. The Hall–Kier alpha value is -2.90. The zero-order valence-electron chi connectivity index (χ0n) is 16.7. The number of carbonyl (C=O) groups excluding carboxylic acids is 4. The van der Waals surface area contributed by atoms with Crippen LogP contribution in [0.4, 0.5) is 10.5 Å². The van der Waals surface area contributed by atoms with Gasteiger partial charge in [0.15, 0.2) is 6.61 Å². The summed E-state index contributed by atoms with van der Waals surface area (Å²) in [5.41, 5.74) is 0.648. The zero-order chi connectivity index (χ0) is 20.9. The molecule has 0 aliphatic carbocycles. The Bertz CT molecular complexity index is 771. The maximum atomic E-state index is 12.5. The van der Waals surface area contributed by atoms with Crippen LogP contribution in [-0.2, 0) is 19.1 Å². The van der Waals surface area contributed by atoms with Gasteiger partial charge in [-0.25, -0.2) is 4.79 Å². The standard InChI is InChI=1S/C20H27N3O5/c1-5-20(6-2)18(26)23(19(27)22-20)11-17(25)28-12-16(24)21-15-10-8-7-9-14(15)13(3)4/h7-10,13H,5-6,11-12H2,1-4H3,(H,21,24)(H,22,27). The van der Waals surface area contributed by atoms with Gasteiger partial charge in [0.1, 0.15) is 12.1 Å². The third-order valence-corrected chi connectivity index (χ3v) is 4.96. The molecule has 1 saturated heterocycles. The second-order valence-corrected chi connectivity index (χ2v) is 7.06. The summed E-state index contributed by atoms with van der Waals surface area (Å²) in [4.78, 5) is 49.5. The van der Waals surface area contributed by atoms with E-state index in [1.807, 2.05) is 26.0 Å². The number of rotatable bonds is 8. The fraction of sp³-hybridized carbons (Fsp3) is 0.500. The predicted molar refractivity (Wildman–Crippen MR) is 104 cm³/mol. The molecule has 4 amide bonds. The van der Waals surface area contributed by atoms with Crippen LogP contribution in [0.25, 0.3) is 0 Å². The molecule has 28 heavy (non-hydrogen) atoms. The number of ether oxygens (including phenoxy) is 1. The second-order valence-electron chi connectivity index (χ2n) is 7.06. The smallest absolute Gasteiger partial charge is 0.326 e. The van der Waals surface area contributed by atoms with Gasteiger partial charge in [-0.2, -0.15) is 0 Å². The van der Waals surface area contributed by atoms with Gasteiger partial charge < -0.3 is 15.4 Å². The second kappa shape index (κ2) is 8.86. The average molecular weight is 389 g/mol. The molecule has 1 heterocycles. The van der Waals surface area contributed by atoms with E-state index in [4.69, 9.17) is 4.74 Å². The summed E-state index contributed by atoms with van der Waals surface area (Å²) >= 11 is 0. The van der Waals surface area contributed by atoms with E-state index in [0.717, 1.165) is 10.5 Å². The third kappa shape index (κ3) is 4.49. The maximum Gasteiger partial charge on any atom is 0.326 e. The van der Waals surface area contributed by atoms with Crippen molar-refractivity contribution >= 4 is 29.5 Å². The minimum Gasteiger partial charge on any atom is -0.454 e. The highest BCUT2D eigenvalue weighted by atomic mass is 16.5. The molecule has 2 rings (SSSR count). The lowest BCUT2D eigenvalue weighted by Gasteiger charge is -2.22. The topological polar surface area (TPSA) is 105 Å². The summed E-state index contributed by atoms with van der Waals surface area (Å²) in [5.74, 6) is -1.54. The maximum absolute atomic E-state index is 12.5. The Morgan fingerprint density at radius 2 is 1.82 bits per heavy atom. The first-order valence-corrected chi connectivity index (χ1v) is 9.42. The molecule has 1 aliphatic rings. The molecule has 8 nitrogen and oxygen atoms in total. The Labute approximate surface area is 164 Å². The third-order valence-electron chi connectivity index (χ3n) is 4.96. The molecule has 0 radical (unpaired) electrons. The predicted octanol–water partition coefficient (Wildman–Crippen LogP) is 2.40. The van der Waals surface area contributed by atoms with Gasteiger partial charge in [-0.15, -0.1) is 0 Å². The number of para-hydroxylation sites is 1. The highest BCUT2D eigenvalue weighted by Gasteiger charge is 2.49. The lowest BCUT2D eigenvalue weighted by molar-refractivity contribution is -0.150. The van der Waals surface area contributed by atoms with Crippen molar-refractivity contribution in [2.45, 2.75) is 52.0 Å². The number of urea groups is 1. The average Bonchev–Trinajstić information content (AvgIpc) is 2.91. The first-order chi connectivity index (χ1) is 13.2. The van der Waals surface area contributed by atoms with Crippen molar-refractivity contribution in [2.75, 3.05) is 18.5 Å². The van der Waals surface area contributed by atoms with E-state index in [1.165, 1.54) is 0 Å². The summed E-state index contributed by atoms with van der Waals surface area (Å²) in [6, 6.07) is 6.75. The fourth-order valence-electron chi connectivity index (χ4n) is 3.17. The van der Waals surface area contributed by atoms with E-state index >= 15 is 0 Å². The van der Waals surface area contributed by atoms with Crippen LogP contribution in [0.3, 0.4) is 0 Å². The van der Waals surface area contributed by atoms with Gasteiger partial charge in [-0.05, 0) is 30.4 Å². The Morgan fingerprint density at radius 1 is 1.18 bits per heavy atom. The van der Waals surface area contributed by atoms with Crippen molar-refractivity contribution in [3.05, 3.63) is 29.8 Å². The number of benzene rings is 1. The summed E-state index contributed by atoms with van der Waals surface area (Å²) in [5, 5.41) is 5.35. The Morgan fingerprint density at radius 3 is 2.39 bits per heavy atom. The largest absolute Gasteiger partial charge is 0.454 e. The molecule has 8 heteroatoms. The molecule has 2 N–H and O–H groups in total. The Balaban J connectivity index is 1.90. The van der Waals surface area contributed by atoms with Gasteiger partial charge in [-0.1, -0.05) is 45.9 Å². The monoisotopic (exact) mass is 389 g/mol. The number of carbonyl (C=O) groups is 4. The number of nitrogens with zero attached hydrogens (tertiary/aromatic N) is 1. The summed E-state index contributed by atoms with van der Waals surface area (Å²) in [6.45, 7) is 6.58. The molecular weight excluding hydrogens is 362 g/mol. The number of hydrogen-bond acceptors (Lipinski definition) is 5. The lowest BCUT2D eigenvalue weighted by Crippen LogP contribution is -2.46. The van der Waals surface area contributed by atoms with E-state index in [2.05, 4.69) is 10.6 Å². The molecule has 0 unspecified atom stereocenters. The van der Waals surface area contributed by atoms with Gasteiger partial charge in [0.05, 0.1) is 0 Å². The van der Waals surface area contributed by atoms with Crippen LogP contribution in [-0.4, -0.2) is 47.4 Å². The molecule has 1 fully saturated rings. The van der Waals surface area contributed by atoms with Crippen LogP contribution in [0.2, 0.25) is 0 Å². The zero-order valence-corrected chi connectivity index (χ0v) is 16.7. The van der Waals surface area contributed by atoms with Crippen molar-refractivity contribution < 1.29 is 23.9 Å². The number of imide groups is 1. The summed E-state index contributed by atoms with van der Waals surface area (Å²) in [7, 11) is 0. The van der Waals surface area contributed by atoms with Crippen molar-refractivity contribution in [1.29, 1.82) is 0 Å². The minimum atomic E-state index is -0.977. The number of esters is 1. The van der Waals surface area contributed by atoms with Gasteiger partial charge in [-0.3, -0.25) is 19.3 Å². The SMILES string of the molecule is CCC1(CC)NC(=O)N(CC(=O)OCC(=O)Nc2ccccc2C(C)C)C1=O. The van der Waals surface area contributed by atoms with Crippen molar-refractivity contribution in [3.63, 3.8) is 0 Å². The van der Waals surface area contributed by atoms with E-state index in [1.54, 1.807) is 26.0 Å². The molecule has 1 aliphatic heterocycles.